The Labute approximate surface area is 180 Å². The second kappa shape index (κ2) is 5.74. The summed E-state index contributed by atoms with van der Waals surface area (Å²) in [6, 6.07) is 1.75. The SMILES string of the molecule is Cc1nc2n(n1)C1(n3nc(C(F)(F)F)c(C)c3-c3cncc[n+]31)[n+]1ccc(C(F)(F)F)cc1-2. The van der Waals surface area contributed by atoms with Gasteiger partial charge in [0.15, 0.2) is 23.8 Å². The summed E-state index contributed by atoms with van der Waals surface area (Å²) in [6.45, 7) is 2.83. The van der Waals surface area contributed by atoms with Gasteiger partial charge in [0.05, 0.1) is 11.8 Å². The average molecular weight is 466 g/mol. The van der Waals surface area contributed by atoms with Crippen molar-refractivity contribution in [3.63, 3.8) is 0 Å². The second-order valence-corrected chi connectivity index (χ2v) is 7.73. The van der Waals surface area contributed by atoms with Gasteiger partial charge < -0.3 is 0 Å². The summed E-state index contributed by atoms with van der Waals surface area (Å²) in [4.78, 5) is 8.31. The van der Waals surface area contributed by atoms with Crippen molar-refractivity contribution in [3.05, 3.63) is 59.6 Å². The zero-order chi connectivity index (χ0) is 23.5. The number of hydrogen-bond donors (Lipinski definition) is 0. The van der Waals surface area contributed by atoms with E-state index in [1.54, 1.807) is 11.5 Å². The summed E-state index contributed by atoms with van der Waals surface area (Å²) >= 11 is 0. The Morgan fingerprint density at radius 2 is 1.64 bits per heavy atom. The highest BCUT2D eigenvalue weighted by atomic mass is 19.4. The molecule has 6 rings (SSSR count). The van der Waals surface area contributed by atoms with Crippen LogP contribution < -0.4 is 9.13 Å². The minimum atomic E-state index is -4.75. The van der Waals surface area contributed by atoms with Crippen molar-refractivity contribution < 1.29 is 35.5 Å². The van der Waals surface area contributed by atoms with Crippen molar-refractivity contribution in [1.29, 1.82) is 0 Å². The third kappa shape index (κ3) is 2.27. The normalized spacial score (nSPS) is 18.4. The maximum absolute atomic E-state index is 13.8. The van der Waals surface area contributed by atoms with Crippen molar-refractivity contribution in [1.82, 2.24) is 29.5 Å². The first-order chi connectivity index (χ1) is 15.5. The molecule has 168 valence electrons. The number of rotatable bonds is 0. The Hall–Kier alpha value is -3.84. The van der Waals surface area contributed by atoms with Crippen molar-refractivity contribution >= 4 is 0 Å². The van der Waals surface area contributed by atoms with Gasteiger partial charge in [0.2, 0.25) is 5.82 Å². The summed E-state index contributed by atoms with van der Waals surface area (Å²) in [6.07, 6.45) is -3.92. The van der Waals surface area contributed by atoms with E-state index in [9.17, 15) is 26.3 Å². The molecule has 6 heterocycles. The van der Waals surface area contributed by atoms with E-state index in [4.69, 9.17) is 0 Å². The number of halogens is 6. The smallest absolute Gasteiger partial charge is 0.251 e. The molecule has 4 aromatic heterocycles. The first-order valence-corrected chi connectivity index (χ1v) is 9.57. The predicted octanol–water partition coefficient (Wildman–Crippen LogP) is 2.27. The van der Waals surface area contributed by atoms with Crippen molar-refractivity contribution in [2.24, 2.45) is 0 Å². The lowest BCUT2D eigenvalue weighted by molar-refractivity contribution is -0.990. The van der Waals surface area contributed by atoms with Gasteiger partial charge in [-0.25, -0.2) is 4.98 Å². The Bertz CT molecular complexity index is 1480. The predicted molar refractivity (Wildman–Crippen MR) is 95.0 cm³/mol. The largest absolute Gasteiger partial charge is 0.584 e. The van der Waals surface area contributed by atoms with E-state index in [0.717, 1.165) is 23.0 Å². The average Bonchev–Trinajstić information content (AvgIpc) is 3.42. The van der Waals surface area contributed by atoms with Gasteiger partial charge in [-0.3, -0.25) is 4.98 Å². The van der Waals surface area contributed by atoms with Gasteiger partial charge >= 0.3 is 18.3 Å². The number of aromatic nitrogens is 8. The topological polar surface area (TPSA) is 69.2 Å². The van der Waals surface area contributed by atoms with Gasteiger partial charge in [-0.1, -0.05) is 13.8 Å². The zero-order valence-electron chi connectivity index (χ0n) is 16.8. The monoisotopic (exact) mass is 466 g/mol. The van der Waals surface area contributed by atoms with Crippen molar-refractivity contribution in [2.75, 3.05) is 0 Å². The van der Waals surface area contributed by atoms with Gasteiger partial charge in [0, 0.05) is 17.7 Å². The fraction of sp³-hybridized carbons (Fsp3) is 0.263. The minimum Gasteiger partial charge on any atom is -0.251 e. The molecule has 1 atom stereocenters. The fourth-order valence-corrected chi connectivity index (χ4v) is 4.60. The Morgan fingerprint density at radius 3 is 2.33 bits per heavy atom. The van der Waals surface area contributed by atoms with Gasteiger partial charge in [-0.2, -0.15) is 31.4 Å². The van der Waals surface area contributed by atoms with Crippen LogP contribution in [0.25, 0.3) is 22.9 Å². The summed E-state index contributed by atoms with van der Waals surface area (Å²) in [5, 5.41) is 8.25. The van der Waals surface area contributed by atoms with E-state index < -0.39 is 29.5 Å². The molecule has 0 radical (unpaired) electrons. The van der Waals surface area contributed by atoms with Gasteiger partial charge in [-0.15, -0.1) is 9.78 Å². The van der Waals surface area contributed by atoms with E-state index in [1.165, 1.54) is 34.8 Å². The molecular weight excluding hydrogens is 454 g/mol. The highest BCUT2D eigenvalue weighted by Gasteiger charge is 2.71. The van der Waals surface area contributed by atoms with Crippen LogP contribution in [0.15, 0.2) is 36.9 Å². The molecule has 4 aromatic rings. The summed E-state index contributed by atoms with van der Waals surface area (Å²) in [7, 11) is 0. The van der Waals surface area contributed by atoms with Crippen LogP contribution >= 0.6 is 0 Å². The lowest BCUT2D eigenvalue weighted by Gasteiger charge is -2.16. The molecule has 0 aliphatic carbocycles. The van der Waals surface area contributed by atoms with Crippen molar-refractivity contribution in [2.45, 2.75) is 32.1 Å². The van der Waals surface area contributed by atoms with E-state index in [0.29, 0.717) is 0 Å². The van der Waals surface area contributed by atoms with Crippen LogP contribution in [-0.4, -0.2) is 29.5 Å². The number of alkyl halides is 6. The number of hydrogen-bond acceptors (Lipinski definition) is 4. The highest BCUT2D eigenvalue weighted by Crippen LogP contribution is 2.42. The number of pyridine rings is 1. The number of fused-ring (bicyclic) bond motifs is 10. The Morgan fingerprint density at radius 1 is 0.909 bits per heavy atom. The van der Waals surface area contributed by atoms with Crippen LogP contribution in [0.5, 0.6) is 0 Å². The van der Waals surface area contributed by atoms with Crippen molar-refractivity contribution in [3.8, 4) is 22.9 Å². The molecule has 0 saturated heterocycles. The zero-order valence-corrected chi connectivity index (χ0v) is 16.8. The maximum Gasteiger partial charge on any atom is 0.584 e. The molecule has 2 aliphatic heterocycles. The molecule has 1 spiro atoms. The fourth-order valence-electron chi connectivity index (χ4n) is 4.60. The van der Waals surface area contributed by atoms with Crippen LogP contribution in [0.3, 0.4) is 0 Å². The standard InChI is InChI=1S/C19H12F6N8/c1-9-14-13-8-26-4-6-31(13)19(32(14)29-15(9)18(23,24)25)30-5-3-11(17(20,21)22)7-12(30)16-27-10(2)28-33(16)19/h3-8H,1-2H3/q+2. The lowest BCUT2D eigenvalue weighted by atomic mass is 10.1. The van der Waals surface area contributed by atoms with Crippen LogP contribution in [-0.2, 0) is 18.3 Å². The summed E-state index contributed by atoms with van der Waals surface area (Å²) in [5.74, 6) is -1.45. The Balaban J connectivity index is 1.78. The number of aryl methyl sites for hydroxylation is 1. The quantitative estimate of drug-likeness (QED) is 0.255. The molecule has 0 amide bonds. The summed E-state index contributed by atoms with van der Waals surface area (Å²) in [5.41, 5.74) is -1.74. The van der Waals surface area contributed by atoms with Crippen LogP contribution in [0, 0.1) is 13.8 Å². The molecule has 0 fully saturated rings. The second-order valence-electron chi connectivity index (χ2n) is 7.73. The third-order valence-electron chi connectivity index (χ3n) is 5.83. The first-order valence-electron chi connectivity index (χ1n) is 9.57. The molecule has 0 aromatic carbocycles. The first kappa shape index (κ1) is 19.8. The van der Waals surface area contributed by atoms with E-state index in [-0.39, 0.29) is 34.3 Å². The Kier molecular flexibility index (Phi) is 3.45. The minimum absolute atomic E-state index is 0.0234. The van der Waals surface area contributed by atoms with Gasteiger partial charge in [0.25, 0.3) is 11.4 Å². The molecule has 0 N–H and O–H groups in total. The van der Waals surface area contributed by atoms with Gasteiger partial charge in [0.1, 0.15) is 12.0 Å². The van der Waals surface area contributed by atoms with E-state index >= 15 is 0 Å². The molecule has 2 aliphatic rings. The van der Waals surface area contributed by atoms with Crippen LogP contribution in [0.2, 0.25) is 0 Å². The molecule has 0 saturated carbocycles. The molecular formula is C19H12F6N8+2. The molecule has 1 unspecified atom stereocenters. The molecule has 0 bridgehead atoms. The number of nitrogens with zero attached hydrogens (tertiary/aromatic N) is 8. The molecule has 8 nitrogen and oxygen atoms in total. The molecule has 33 heavy (non-hydrogen) atoms. The van der Waals surface area contributed by atoms with E-state index in [2.05, 4.69) is 20.2 Å². The maximum atomic E-state index is 13.8. The third-order valence-corrected chi connectivity index (χ3v) is 5.83. The van der Waals surface area contributed by atoms with Gasteiger partial charge in [-0.05, 0) is 13.8 Å². The van der Waals surface area contributed by atoms with E-state index in [1.807, 2.05) is 0 Å². The van der Waals surface area contributed by atoms with Crippen LogP contribution in [0.4, 0.5) is 26.3 Å². The van der Waals surface area contributed by atoms with Crippen LogP contribution in [0.1, 0.15) is 22.6 Å². The molecule has 14 heteroatoms. The highest BCUT2D eigenvalue weighted by molar-refractivity contribution is 5.60. The lowest BCUT2D eigenvalue weighted by Crippen LogP contribution is -2.77. The summed E-state index contributed by atoms with van der Waals surface area (Å²) < 4.78 is 87.0.